The average molecular weight is 413 g/mol. The zero-order chi connectivity index (χ0) is 23.8. The van der Waals surface area contributed by atoms with Gasteiger partial charge in [-0.05, 0) is 52.4 Å². The molecule has 0 aliphatic carbocycles. The minimum absolute atomic E-state index is 0.255. The Morgan fingerprint density at radius 1 is 0.933 bits per heavy atom. The van der Waals surface area contributed by atoms with Crippen molar-refractivity contribution in [2.24, 2.45) is 22.1 Å². The van der Waals surface area contributed by atoms with Crippen LogP contribution in [0.3, 0.4) is 0 Å². The van der Waals surface area contributed by atoms with Gasteiger partial charge in [0.25, 0.3) is 0 Å². The Morgan fingerprint density at radius 2 is 1.27 bits per heavy atom. The zero-order valence-corrected chi connectivity index (χ0v) is 20.4. The van der Waals surface area contributed by atoms with Gasteiger partial charge in [0.2, 0.25) is 0 Å². The van der Waals surface area contributed by atoms with Crippen LogP contribution in [0.2, 0.25) is 0 Å². The highest BCUT2D eigenvalue weighted by Gasteiger charge is 2.29. The molecule has 0 radical (unpaired) electrons. The first-order valence-corrected chi connectivity index (χ1v) is 10.6. The summed E-state index contributed by atoms with van der Waals surface area (Å²) in [6.07, 6.45) is 1.96. The van der Waals surface area contributed by atoms with E-state index in [9.17, 15) is 15.3 Å². The van der Waals surface area contributed by atoms with Gasteiger partial charge in [0.15, 0.2) is 11.1 Å². The Hall–Kier alpha value is -2.53. The van der Waals surface area contributed by atoms with Crippen molar-refractivity contribution in [2.45, 2.75) is 92.7 Å². The fraction of sp³-hybridized carbons (Fsp3) is 0.640. The maximum absolute atomic E-state index is 9.81. The lowest BCUT2D eigenvalue weighted by Gasteiger charge is -2.22. The summed E-state index contributed by atoms with van der Waals surface area (Å²) in [5, 5.41) is 26.7. The van der Waals surface area contributed by atoms with Crippen molar-refractivity contribution in [3.8, 4) is 12.1 Å². The van der Waals surface area contributed by atoms with Gasteiger partial charge >= 0.3 is 0 Å². The number of rotatable bonds is 7. The van der Waals surface area contributed by atoms with E-state index in [0.29, 0.717) is 31.1 Å². The Bertz CT molecular complexity index is 677. The molecule has 0 fully saturated rings. The van der Waals surface area contributed by atoms with Gasteiger partial charge in [-0.25, -0.2) is 0 Å². The number of nitrogens with zero attached hydrogens (tertiary/aromatic N) is 4. The van der Waals surface area contributed by atoms with Crippen LogP contribution in [-0.4, -0.2) is 16.9 Å². The van der Waals surface area contributed by atoms with Crippen molar-refractivity contribution >= 4 is 5.78 Å². The van der Waals surface area contributed by atoms with Crippen molar-refractivity contribution < 1.29 is 4.79 Å². The first kappa shape index (κ1) is 29.7. The zero-order valence-electron chi connectivity index (χ0n) is 20.4. The molecule has 5 nitrogen and oxygen atoms in total. The highest BCUT2D eigenvalue weighted by atomic mass is 16.1. The van der Waals surface area contributed by atoms with Crippen LogP contribution in [0.4, 0.5) is 0 Å². The topological polar surface area (TPSA) is 89.4 Å². The number of carbonyl (C=O) groups excluding carboxylic acids is 1. The maximum atomic E-state index is 9.81. The third kappa shape index (κ3) is 16.4. The first-order chi connectivity index (χ1) is 13.8. The molecular formula is C25H40N4O. The van der Waals surface area contributed by atoms with Crippen LogP contribution in [0.5, 0.6) is 0 Å². The van der Waals surface area contributed by atoms with E-state index in [2.05, 4.69) is 41.4 Å². The third-order valence-electron chi connectivity index (χ3n) is 4.02. The lowest BCUT2D eigenvalue weighted by molar-refractivity contribution is -0.116. The van der Waals surface area contributed by atoms with Crippen LogP contribution >= 0.6 is 0 Å². The second-order valence-electron chi connectivity index (χ2n) is 8.88. The molecule has 1 aromatic rings. The summed E-state index contributed by atoms with van der Waals surface area (Å²) < 4.78 is 0. The second-order valence-corrected chi connectivity index (χ2v) is 8.88. The van der Waals surface area contributed by atoms with Crippen LogP contribution in [0.15, 0.2) is 40.6 Å². The van der Waals surface area contributed by atoms with E-state index in [1.165, 1.54) is 5.56 Å². The van der Waals surface area contributed by atoms with Crippen molar-refractivity contribution in [2.75, 3.05) is 0 Å². The smallest absolute Gasteiger partial charge is 0.165 e. The summed E-state index contributed by atoms with van der Waals surface area (Å²) in [5.74, 6) is 0.990. The number of carbonyl (C=O) groups is 1. The number of benzene rings is 1. The van der Waals surface area contributed by atoms with E-state index in [1.807, 2.05) is 52.8 Å². The molecule has 0 bridgehead atoms. The monoisotopic (exact) mass is 412 g/mol. The molecular weight excluding hydrogens is 372 g/mol. The Kier molecular flexibility index (Phi) is 15.2. The number of ketones is 1. The van der Waals surface area contributed by atoms with E-state index >= 15 is 0 Å². The highest BCUT2D eigenvalue weighted by Crippen LogP contribution is 2.25. The molecule has 0 saturated carbocycles. The Balaban J connectivity index is 0. The van der Waals surface area contributed by atoms with Gasteiger partial charge in [0.05, 0.1) is 12.1 Å². The summed E-state index contributed by atoms with van der Waals surface area (Å²) in [7, 11) is 0. The highest BCUT2D eigenvalue weighted by molar-refractivity contribution is 5.74. The molecule has 0 aromatic heterocycles. The predicted molar refractivity (Wildman–Crippen MR) is 124 cm³/mol. The summed E-state index contributed by atoms with van der Waals surface area (Å²) in [6, 6.07) is 14.6. The molecule has 0 saturated heterocycles. The molecule has 30 heavy (non-hydrogen) atoms. The third-order valence-corrected chi connectivity index (χ3v) is 4.02. The number of azo groups is 1. The van der Waals surface area contributed by atoms with E-state index in [0.717, 1.165) is 0 Å². The minimum atomic E-state index is -0.830. The van der Waals surface area contributed by atoms with Gasteiger partial charge < -0.3 is 4.79 Å². The maximum Gasteiger partial charge on any atom is 0.165 e. The molecule has 5 heteroatoms. The number of hydrogen-bond acceptors (Lipinski definition) is 5. The lowest BCUT2D eigenvalue weighted by Crippen LogP contribution is -2.26. The molecule has 166 valence electrons. The van der Waals surface area contributed by atoms with Crippen LogP contribution in [-0.2, 0) is 4.79 Å². The van der Waals surface area contributed by atoms with Gasteiger partial charge in [0.1, 0.15) is 5.78 Å². The van der Waals surface area contributed by atoms with Crippen molar-refractivity contribution in [3.05, 3.63) is 35.9 Å². The molecule has 0 amide bonds. The second kappa shape index (κ2) is 15.3. The average Bonchev–Trinajstić information content (AvgIpc) is 2.67. The fourth-order valence-corrected chi connectivity index (χ4v) is 2.56. The molecule has 2 unspecified atom stereocenters. The van der Waals surface area contributed by atoms with E-state index in [1.54, 1.807) is 20.8 Å². The standard InChI is InChI=1S/C14H24N4.C7H8.C4H8O/c1-11(2)7-13(5,9-15)17-18-14(6,10-16)8-12(3)4;1-7-5-3-2-4-6-7;1-3-4(2)5/h11-12H,7-8H2,1-6H3;2-6H,1H3;3H2,1-2H3. The quantitative estimate of drug-likeness (QED) is 0.448. The summed E-state index contributed by atoms with van der Waals surface area (Å²) in [4.78, 5) is 9.81. The number of hydrogen-bond donors (Lipinski definition) is 0. The fourth-order valence-electron chi connectivity index (χ4n) is 2.56. The van der Waals surface area contributed by atoms with Crippen molar-refractivity contribution in [1.82, 2.24) is 0 Å². The number of Topliss-reactive ketones (excluding diaryl/α,β-unsaturated/α-hetero) is 1. The van der Waals surface area contributed by atoms with Crippen LogP contribution in [0.25, 0.3) is 0 Å². The van der Waals surface area contributed by atoms with Gasteiger partial charge in [-0.3, -0.25) is 0 Å². The number of aryl methyl sites for hydroxylation is 1. The largest absolute Gasteiger partial charge is 0.300 e. The van der Waals surface area contributed by atoms with E-state index in [4.69, 9.17) is 0 Å². The molecule has 1 rings (SSSR count). The predicted octanol–water partition coefficient (Wildman–Crippen LogP) is 7.08. The molecule has 0 N–H and O–H groups in total. The first-order valence-electron chi connectivity index (χ1n) is 10.6. The SMILES string of the molecule is CC(C)CC(C)(C#N)N=NC(C)(C#N)CC(C)C.CCC(C)=O.Cc1ccccc1. The van der Waals surface area contributed by atoms with Gasteiger partial charge in [-0.2, -0.15) is 20.8 Å². The normalized spacial score (nSPS) is 14.3. The Morgan fingerprint density at radius 3 is 1.43 bits per heavy atom. The molecule has 2 atom stereocenters. The summed E-state index contributed by atoms with van der Waals surface area (Å²) in [6.45, 7) is 17.2. The lowest BCUT2D eigenvalue weighted by atomic mass is 9.92. The molecule has 0 spiro atoms. The summed E-state index contributed by atoms with van der Waals surface area (Å²) >= 11 is 0. The van der Waals surface area contributed by atoms with Crippen LogP contribution in [0, 0.1) is 41.4 Å². The molecule has 0 aliphatic heterocycles. The number of nitriles is 2. The van der Waals surface area contributed by atoms with Crippen LogP contribution < -0.4 is 0 Å². The minimum Gasteiger partial charge on any atom is -0.300 e. The van der Waals surface area contributed by atoms with Gasteiger partial charge in [-0.15, -0.1) is 0 Å². The van der Waals surface area contributed by atoms with Gasteiger partial charge in [-0.1, -0.05) is 70.5 Å². The molecule has 1 aromatic carbocycles. The van der Waals surface area contributed by atoms with Crippen molar-refractivity contribution in [3.63, 3.8) is 0 Å². The van der Waals surface area contributed by atoms with Crippen molar-refractivity contribution in [1.29, 1.82) is 10.5 Å². The summed E-state index contributed by atoms with van der Waals surface area (Å²) in [5.41, 5.74) is -0.338. The Labute approximate surface area is 184 Å². The van der Waals surface area contributed by atoms with E-state index < -0.39 is 11.1 Å². The molecule has 0 aliphatic rings. The molecule has 0 heterocycles. The van der Waals surface area contributed by atoms with Crippen LogP contribution in [0.1, 0.15) is 80.2 Å². The van der Waals surface area contributed by atoms with E-state index in [-0.39, 0.29) is 5.78 Å². The van der Waals surface area contributed by atoms with Gasteiger partial charge in [0, 0.05) is 6.42 Å².